The van der Waals surface area contributed by atoms with Gasteiger partial charge in [0, 0.05) is 18.3 Å². The molecule has 0 saturated heterocycles. The van der Waals surface area contributed by atoms with Gasteiger partial charge in [0.25, 0.3) is 5.91 Å². The SMILES string of the molecule is Cc1cc(CNC(=O)c2cc(Cl)ccc2I)sc1C. The Kier molecular flexibility index (Phi) is 4.86. The van der Waals surface area contributed by atoms with Crippen molar-refractivity contribution < 1.29 is 4.79 Å². The average Bonchev–Trinajstić information content (AvgIpc) is 2.69. The number of carbonyl (C=O) groups excluding carboxylic acids is 1. The van der Waals surface area contributed by atoms with Gasteiger partial charge in [0.05, 0.1) is 12.1 Å². The summed E-state index contributed by atoms with van der Waals surface area (Å²) in [5, 5.41) is 3.51. The molecule has 0 unspecified atom stereocenters. The minimum absolute atomic E-state index is 0.0874. The Morgan fingerprint density at radius 1 is 1.37 bits per heavy atom. The molecule has 1 aromatic carbocycles. The van der Waals surface area contributed by atoms with Crippen LogP contribution in [0, 0.1) is 17.4 Å². The zero-order chi connectivity index (χ0) is 14.0. The number of hydrogen-bond acceptors (Lipinski definition) is 2. The van der Waals surface area contributed by atoms with Gasteiger partial charge < -0.3 is 5.32 Å². The van der Waals surface area contributed by atoms with Crippen LogP contribution in [0.3, 0.4) is 0 Å². The molecule has 1 amide bonds. The van der Waals surface area contributed by atoms with E-state index in [9.17, 15) is 4.79 Å². The molecular formula is C14H13ClINOS. The second kappa shape index (κ2) is 6.24. The predicted octanol–water partition coefficient (Wildman–Crippen LogP) is 4.55. The van der Waals surface area contributed by atoms with Crippen LogP contribution in [0.1, 0.15) is 25.7 Å². The van der Waals surface area contributed by atoms with Crippen LogP contribution in [0.15, 0.2) is 24.3 Å². The minimum atomic E-state index is -0.0874. The molecule has 2 aromatic rings. The molecule has 100 valence electrons. The molecule has 0 bridgehead atoms. The lowest BCUT2D eigenvalue weighted by Gasteiger charge is -2.06. The first-order valence-corrected chi connectivity index (χ1v) is 8.04. The molecule has 2 rings (SSSR count). The largest absolute Gasteiger partial charge is 0.347 e. The molecule has 1 heterocycles. The van der Waals surface area contributed by atoms with Gasteiger partial charge in [-0.05, 0) is 66.3 Å². The Labute approximate surface area is 135 Å². The van der Waals surface area contributed by atoms with Crippen molar-refractivity contribution in [2.45, 2.75) is 20.4 Å². The van der Waals surface area contributed by atoms with Crippen molar-refractivity contribution in [1.29, 1.82) is 0 Å². The fourth-order valence-electron chi connectivity index (χ4n) is 1.67. The summed E-state index contributed by atoms with van der Waals surface area (Å²) in [5.41, 5.74) is 1.89. The van der Waals surface area contributed by atoms with Crippen molar-refractivity contribution in [3.05, 3.63) is 53.7 Å². The van der Waals surface area contributed by atoms with Crippen LogP contribution in [0.25, 0.3) is 0 Å². The Bertz CT molecular complexity index is 604. The van der Waals surface area contributed by atoms with Crippen LogP contribution in [-0.2, 0) is 6.54 Å². The summed E-state index contributed by atoms with van der Waals surface area (Å²) in [6, 6.07) is 7.44. The molecule has 1 aromatic heterocycles. The summed E-state index contributed by atoms with van der Waals surface area (Å²) in [7, 11) is 0. The van der Waals surface area contributed by atoms with Crippen molar-refractivity contribution >= 4 is 51.4 Å². The minimum Gasteiger partial charge on any atom is -0.347 e. The van der Waals surface area contributed by atoms with Crippen molar-refractivity contribution in [2.75, 3.05) is 0 Å². The van der Waals surface area contributed by atoms with Gasteiger partial charge in [0.2, 0.25) is 0 Å². The van der Waals surface area contributed by atoms with Gasteiger partial charge in [-0.25, -0.2) is 0 Å². The van der Waals surface area contributed by atoms with E-state index in [1.54, 1.807) is 23.5 Å². The highest BCUT2D eigenvalue weighted by molar-refractivity contribution is 14.1. The standard InChI is InChI=1S/C14H13ClINOS/c1-8-5-11(19-9(8)2)7-17-14(18)12-6-10(15)3-4-13(12)16/h3-6H,7H2,1-2H3,(H,17,18). The third kappa shape index (κ3) is 3.70. The van der Waals surface area contributed by atoms with Crippen LogP contribution < -0.4 is 5.32 Å². The van der Waals surface area contributed by atoms with E-state index in [1.807, 2.05) is 6.07 Å². The summed E-state index contributed by atoms with van der Waals surface area (Å²) in [4.78, 5) is 14.6. The quantitative estimate of drug-likeness (QED) is 0.746. The van der Waals surface area contributed by atoms with Gasteiger partial charge in [-0.3, -0.25) is 4.79 Å². The molecule has 0 atom stereocenters. The van der Waals surface area contributed by atoms with Crippen LogP contribution in [0.4, 0.5) is 0 Å². The summed E-state index contributed by atoms with van der Waals surface area (Å²) in [6.45, 7) is 4.73. The number of rotatable bonds is 3. The molecule has 0 radical (unpaired) electrons. The van der Waals surface area contributed by atoms with E-state index in [0.29, 0.717) is 17.1 Å². The van der Waals surface area contributed by atoms with Gasteiger partial charge in [-0.15, -0.1) is 11.3 Å². The fraction of sp³-hybridized carbons (Fsp3) is 0.214. The third-order valence-corrected chi connectivity index (χ3v) is 5.14. The van der Waals surface area contributed by atoms with Crippen molar-refractivity contribution in [2.24, 2.45) is 0 Å². The number of benzene rings is 1. The van der Waals surface area contributed by atoms with E-state index in [4.69, 9.17) is 11.6 Å². The third-order valence-electron chi connectivity index (χ3n) is 2.81. The van der Waals surface area contributed by atoms with Gasteiger partial charge in [-0.1, -0.05) is 11.6 Å². The second-order valence-electron chi connectivity index (χ2n) is 4.26. The number of carbonyl (C=O) groups is 1. The fourth-order valence-corrected chi connectivity index (χ4v) is 3.42. The van der Waals surface area contributed by atoms with Gasteiger partial charge >= 0.3 is 0 Å². The molecule has 0 saturated carbocycles. The van der Waals surface area contributed by atoms with Crippen molar-refractivity contribution in [3.8, 4) is 0 Å². The lowest BCUT2D eigenvalue weighted by atomic mass is 10.2. The monoisotopic (exact) mass is 405 g/mol. The molecular weight excluding hydrogens is 393 g/mol. The zero-order valence-electron chi connectivity index (χ0n) is 10.6. The van der Waals surface area contributed by atoms with Crippen molar-refractivity contribution in [1.82, 2.24) is 5.32 Å². The maximum atomic E-state index is 12.1. The van der Waals surface area contributed by atoms with E-state index in [2.05, 4.69) is 47.8 Å². The van der Waals surface area contributed by atoms with E-state index in [0.717, 1.165) is 3.57 Å². The lowest BCUT2D eigenvalue weighted by molar-refractivity contribution is 0.0950. The highest BCUT2D eigenvalue weighted by atomic mass is 127. The highest BCUT2D eigenvalue weighted by Crippen LogP contribution is 2.21. The van der Waals surface area contributed by atoms with E-state index in [1.165, 1.54) is 15.3 Å². The maximum Gasteiger partial charge on any atom is 0.252 e. The van der Waals surface area contributed by atoms with E-state index in [-0.39, 0.29) is 5.91 Å². The van der Waals surface area contributed by atoms with Gasteiger partial charge in [0.1, 0.15) is 0 Å². The lowest BCUT2D eigenvalue weighted by Crippen LogP contribution is -2.23. The smallest absolute Gasteiger partial charge is 0.252 e. The number of nitrogens with one attached hydrogen (secondary N) is 1. The first-order chi connectivity index (χ1) is 8.97. The summed E-state index contributed by atoms with van der Waals surface area (Å²) in [5.74, 6) is -0.0874. The summed E-state index contributed by atoms with van der Waals surface area (Å²) >= 11 is 9.78. The molecule has 2 nitrogen and oxygen atoms in total. The Hall–Kier alpha value is -0.590. The van der Waals surface area contributed by atoms with E-state index < -0.39 is 0 Å². The number of aryl methyl sites for hydroxylation is 2. The molecule has 1 N–H and O–H groups in total. The number of halogens is 2. The Balaban J connectivity index is 2.07. The van der Waals surface area contributed by atoms with E-state index >= 15 is 0 Å². The van der Waals surface area contributed by atoms with Gasteiger partial charge in [-0.2, -0.15) is 0 Å². The van der Waals surface area contributed by atoms with Crippen LogP contribution in [-0.4, -0.2) is 5.91 Å². The summed E-state index contributed by atoms with van der Waals surface area (Å²) < 4.78 is 0.901. The number of amides is 1. The van der Waals surface area contributed by atoms with Crippen molar-refractivity contribution in [3.63, 3.8) is 0 Å². The summed E-state index contributed by atoms with van der Waals surface area (Å²) in [6.07, 6.45) is 0. The Morgan fingerprint density at radius 3 is 2.74 bits per heavy atom. The average molecular weight is 406 g/mol. The molecule has 0 spiro atoms. The highest BCUT2D eigenvalue weighted by Gasteiger charge is 2.11. The molecule has 19 heavy (non-hydrogen) atoms. The first kappa shape index (κ1) is 14.8. The second-order valence-corrected chi connectivity index (χ2v) is 7.20. The molecule has 0 fully saturated rings. The van der Waals surface area contributed by atoms with Crippen LogP contribution in [0.2, 0.25) is 5.02 Å². The number of thiophene rings is 1. The van der Waals surface area contributed by atoms with Crippen LogP contribution in [0.5, 0.6) is 0 Å². The first-order valence-electron chi connectivity index (χ1n) is 5.76. The number of hydrogen-bond donors (Lipinski definition) is 1. The molecule has 0 aliphatic carbocycles. The molecule has 5 heteroatoms. The topological polar surface area (TPSA) is 29.1 Å². The Morgan fingerprint density at radius 2 is 2.11 bits per heavy atom. The maximum absolute atomic E-state index is 12.1. The normalized spacial score (nSPS) is 10.5. The molecule has 0 aliphatic rings. The molecule has 0 aliphatic heterocycles. The van der Waals surface area contributed by atoms with Crippen LogP contribution >= 0.6 is 45.5 Å². The predicted molar refractivity (Wildman–Crippen MR) is 89.1 cm³/mol. The zero-order valence-corrected chi connectivity index (χ0v) is 14.3. The van der Waals surface area contributed by atoms with Gasteiger partial charge in [0.15, 0.2) is 0 Å².